The molecule has 2 rings (SSSR count). The number of hydrogen-bond acceptors (Lipinski definition) is 5. The van der Waals surface area contributed by atoms with E-state index in [0.717, 1.165) is 41.2 Å². The molecule has 96 valence electrons. The van der Waals surface area contributed by atoms with Crippen molar-refractivity contribution in [2.45, 2.75) is 34.6 Å². The Kier molecular flexibility index (Phi) is 3.27. The Morgan fingerprint density at radius 3 is 2.28 bits per heavy atom. The molecule has 0 saturated heterocycles. The van der Waals surface area contributed by atoms with Gasteiger partial charge in [-0.15, -0.1) is 5.10 Å². The van der Waals surface area contributed by atoms with Crippen molar-refractivity contribution in [1.29, 1.82) is 0 Å². The molecule has 0 radical (unpaired) electrons. The van der Waals surface area contributed by atoms with Crippen molar-refractivity contribution < 1.29 is 0 Å². The number of nitrogens with one attached hydrogen (secondary N) is 1. The molecule has 0 fully saturated rings. The molecule has 18 heavy (non-hydrogen) atoms. The van der Waals surface area contributed by atoms with Crippen molar-refractivity contribution in [2.75, 3.05) is 11.9 Å². The van der Waals surface area contributed by atoms with E-state index in [0.29, 0.717) is 0 Å². The maximum absolute atomic E-state index is 4.47. The summed E-state index contributed by atoms with van der Waals surface area (Å²) in [6.45, 7) is 10.5. The van der Waals surface area contributed by atoms with E-state index in [1.54, 1.807) is 4.68 Å². The van der Waals surface area contributed by atoms with E-state index in [4.69, 9.17) is 0 Å². The summed E-state index contributed by atoms with van der Waals surface area (Å²) in [5.41, 5.74) is 0.982. The fraction of sp³-hybridized carbons (Fsp3) is 0.500. The van der Waals surface area contributed by atoms with Crippen LogP contribution in [0.1, 0.15) is 30.0 Å². The van der Waals surface area contributed by atoms with Gasteiger partial charge in [-0.1, -0.05) is 0 Å². The van der Waals surface area contributed by atoms with Crippen LogP contribution >= 0.6 is 0 Å². The Balaban J connectivity index is 2.60. The second kappa shape index (κ2) is 4.72. The molecule has 0 saturated carbocycles. The van der Waals surface area contributed by atoms with Gasteiger partial charge in [-0.2, -0.15) is 4.68 Å². The van der Waals surface area contributed by atoms with Crippen LogP contribution in [0.4, 0.5) is 5.82 Å². The fourth-order valence-electron chi connectivity index (χ4n) is 1.88. The van der Waals surface area contributed by atoms with Gasteiger partial charge in [-0.05, 0) is 34.6 Å². The minimum atomic E-state index is 0.721. The minimum Gasteiger partial charge on any atom is -0.370 e. The molecule has 6 nitrogen and oxygen atoms in total. The van der Waals surface area contributed by atoms with E-state index < -0.39 is 0 Å². The molecule has 0 aliphatic carbocycles. The maximum Gasteiger partial charge on any atom is 0.164 e. The van der Waals surface area contributed by atoms with Crippen molar-refractivity contribution in [2.24, 2.45) is 0 Å². The van der Waals surface area contributed by atoms with Gasteiger partial charge in [-0.25, -0.2) is 15.0 Å². The van der Waals surface area contributed by atoms with Crippen LogP contribution in [-0.2, 0) is 0 Å². The molecular weight excluding hydrogens is 228 g/mol. The van der Waals surface area contributed by atoms with E-state index >= 15 is 0 Å². The number of aromatic nitrogens is 5. The summed E-state index contributed by atoms with van der Waals surface area (Å²) < 4.78 is 1.76. The second-order valence-corrected chi connectivity index (χ2v) is 4.22. The summed E-state index contributed by atoms with van der Waals surface area (Å²) in [7, 11) is 0. The molecule has 0 unspecified atom stereocenters. The Morgan fingerprint density at radius 1 is 1.00 bits per heavy atom. The standard InChI is InChI=1S/C12H18N6/c1-6-13-11-7(2)12(16-8(3)15-11)18-10(5)14-9(4)17-18/h6H2,1-5H3,(H,13,15,16). The highest BCUT2D eigenvalue weighted by Crippen LogP contribution is 2.19. The van der Waals surface area contributed by atoms with Crippen LogP contribution in [0.15, 0.2) is 0 Å². The Labute approximate surface area is 106 Å². The first-order chi connectivity index (χ1) is 8.52. The summed E-state index contributed by atoms with van der Waals surface area (Å²) in [5.74, 6) is 3.94. The molecule has 0 aliphatic rings. The van der Waals surface area contributed by atoms with Crippen LogP contribution in [0.25, 0.3) is 5.82 Å². The summed E-state index contributed by atoms with van der Waals surface area (Å²) in [6.07, 6.45) is 0. The molecule has 2 heterocycles. The molecule has 6 heteroatoms. The molecule has 0 amide bonds. The van der Waals surface area contributed by atoms with Gasteiger partial charge in [0.25, 0.3) is 0 Å². The van der Waals surface area contributed by atoms with E-state index in [9.17, 15) is 0 Å². The number of hydrogen-bond donors (Lipinski definition) is 1. The van der Waals surface area contributed by atoms with Gasteiger partial charge in [0.1, 0.15) is 23.3 Å². The first-order valence-electron chi connectivity index (χ1n) is 6.02. The normalized spacial score (nSPS) is 10.7. The number of aryl methyl sites for hydroxylation is 3. The largest absolute Gasteiger partial charge is 0.370 e. The third kappa shape index (κ3) is 2.18. The van der Waals surface area contributed by atoms with E-state index in [2.05, 4.69) is 25.4 Å². The van der Waals surface area contributed by atoms with Crippen LogP contribution in [0, 0.1) is 27.7 Å². The number of anilines is 1. The van der Waals surface area contributed by atoms with Crippen LogP contribution in [0.2, 0.25) is 0 Å². The van der Waals surface area contributed by atoms with Crippen LogP contribution in [0.3, 0.4) is 0 Å². The lowest BCUT2D eigenvalue weighted by Gasteiger charge is -2.12. The molecule has 2 aromatic rings. The minimum absolute atomic E-state index is 0.721. The molecular formula is C12H18N6. The number of nitrogens with zero attached hydrogens (tertiary/aromatic N) is 5. The summed E-state index contributed by atoms with van der Waals surface area (Å²) in [4.78, 5) is 13.2. The summed E-state index contributed by atoms with van der Waals surface area (Å²) in [5, 5.41) is 7.61. The summed E-state index contributed by atoms with van der Waals surface area (Å²) >= 11 is 0. The molecule has 1 N–H and O–H groups in total. The predicted octanol–water partition coefficient (Wildman–Crippen LogP) is 1.72. The monoisotopic (exact) mass is 246 g/mol. The Hall–Kier alpha value is -1.98. The smallest absolute Gasteiger partial charge is 0.164 e. The SMILES string of the molecule is CCNc1nc(C)nc(-n2nc(C)nc2C)c1C. The molecule has 0 atom stereocenters. The molecule has 2 aromatic heterocycles. The Bertz CT molecular complexity index is 572. The average Bonchev–Trinajstić information content (AvgIpc) is 2.63. The zero-order chi connectivity index (χ0) is 13.3. The average molecular weight is 246 g/mol. The third-order valence-electron chi connectivity index (χ3n) is 2.65. The number of rotatable bonds is 3. The van der Waals surface area contributed by atoms with E-state index in [1.165, 1.54) is 0 Å². The molecule has 0 aliphatic heterocycles. The van der Waals surface area contributed by atoms with Gasteiger partial charge in [0.2, 0.25) is 0 Å². The predicted molar refractivity (Wildman–Crippen MR) is 70.1 cm³/mol. The van der Waals surface area contributed by atoms with Gasteiger partial charge in [-0.3, -0.25) is 0 Å². The van der Waals surface area contributed by atoms with Crippen LogP contribution in [-0.4, -0.2) is 31.3 Å². The van der Waals surface area contributed by atoms with Crippen LogP contribution in [0.5, 0.6) is 0 Å². The lowest BCUT2D eigenvalue weighted by atomic mass is 10.3. The highest BCUT2D eigenvalue weighted by atomic mass is 15.4. The van der Waals surface area contributed by atoms with Crippen molar-refractivity contribution in [3.05, 3.63) is 23.0 Å². The van der Waals surface area contributed by atoms with Crippen molar-refractivity contribution in [3.8, 4) is 5.82 Å². The van der Waals surface area contributed by atoms with Gasteiger partial charge < -0.3 is 5.32 Å². The zero-order valence-corrected chi connectivity index (χ0v) is 11.4. The maximum atomic E-state index is 4.47. The highest BCUT2D eigenvalue weighted by molar-refractivity contribution is 5.51. The first-order valence-corrected chi connectivity index (χ1v) is 6.02. The molecule has 0 aromatic carbocycles. The lowest BCUT2D eigenvalue weighted by molar-refractivity contribution is 0.782. The quantitative estimate of drug-likeness (QED) is 0.893. The first kappa shape index (κ1) is 12.5. The van der Waals surface area contributed by atoms with Gasteiger partial charge in [0, 0.05) is 12.1 Å². The van der Waals surface area contributed by atoms with E-state index in [1.807, 2.05) is 34.6 Å². The van der Waals surface area contributed by atoms with Crippen molar-refractivity contribution >= 4 is 5.82 Å². The topological polar surface area (TPSA) is 68.5 Å². The lowest BCUT2D eigenvalue weighted by Crippen LogP contribution is -2.11. The summed E-state index contributed by atoms with van der Waals surface area (Å²) in [6, 6.07) is 0. The molecule has 0 bridgehead atoms. The Morgan fingerprint density at radius 2 is 1.72 bits per heavy atom. The van der Waals surface area contributed by atoms with Gasteiger partial charge >= 0.3 is 0 Å². The third-order valence-corrected chi connectivity index (χ3v) is 2.65. The van der Waals surface area contributed by atoms with Crippen molar-refractivity contribution in [1.82, 2.24) is 24.7 Å². The van der Waals surface area contributed by atoms with E-state index in [-0.39, 0.29) is 0 Å². The highest BCUT2D eigenvalue weighted by Gasteiger charge is 2.14. The van der Waals surface area contributed by atoms with Crippen LogP contribution < -0.4 is 5.32 Å². The molecule has 0 spiro atoms. The second-order valence-electron chi connectivity index (χ2n) is 4.22. The zero-order valence-electron chi connectivity index (χ0n) is 11.4. The van der Waals surface area contributed by atoms with Crippen molar-refractivity contribution in [3.63, 3.8) is 0 Å². The van der Waals surface area contributed by atoms with Gasteiger partial charge in [0.15, 0.2) is 5.82 Å². The fourth-order valence-corrected chi connectivity index (χ4v) is 1.88. The van der Waals surface area contributed by atoms with Gasteiger partial charge in [0.05, 0.1) is 0 Å².